The molecule has 0 saturated carbocycles. The van der Waals surface area contributed by atoms with E-state index in [0.717, 1.165) is 11.3 Å². The van der Waals surface area contributed by atoms with Gasteiger partial charge in [-0.3, -0.25) is 4.79 Å². The van der Waals surface area contributed by atoms with Crippen LogP contribution in [-0.4, -0.2) is 22.0 Å². The number of nitrogens with two attached hydrogens (primary N) is 1. The molecule has 4 N–H and O–H groups in total. The van der Waals surface area contributed by atoms with Crippen molar-refractivity contribution in [2.24, 2.45) is 0 Å². The molecule has 0 atom stereocenters. The zero-order chi connectivity index (χ0) is 14.0. The summed E-state index contributed by atoms with van der Waals surface area (Å²) in [5.41, 5.74) is 5.81. The van der Waals surface area contributed by atoms with Crippen LogP contribution in [0.5, 0.6) is 0 Å². The molecule has 0 unspecified atom stereocenters. The Labute approximate surface area is 116 Å². The molecule has 2 rings (SSSR count). The number of hydrogen-bond donors (Lipinski definition) is 3. The van der Waals surface area contributed by atoms with Crippen molar-refractivity contribution in [2.75, 3.05) is 11.1 Å². The van der Waals surface area contributed by atoms with Crippen molar-refractivity contribution in [3.8, 4) is 0 Å². The van der Waals surface area contributed by atoms with Gasteiger partial charge in [0.2, 0.25) is 0 Å². The number of anilines is 2. The molecule has 0 aliphatic rings. The summed E-state index contributed by atoms with van der Waals surface area (Å²) in [7, 11) is 0. The highest BCUT2D eigenvalue weighted by Gasteiger charge is 2.13. The fraction of sp³-hybridized carbons (Fsp3) is 0. The van der Waals surface area contributed by atoms with E-state index >= 15 is 0 Å². The van der Waals surface area contributed by atoms with Gasteiger partial charge in [0.25, 0.3) is 5.91 Å². The first-order valence-corrected chi connectivity index (χ1v) is 6.28. The fourth-order valence-corrected chi connectivity index (χ4v) is 2.04. The molecule has 1 aromatic heterocycles. The van der Waals surface area contributed by atoms with Crippen molar-refractivity contribution in [3.63, 3.8) is 0 Å². The maximum Gasteiger partial charge on any atom is 0.335 e. The summed E-state index contributed by atoms with van der Waals surface area (Å²) in [6.07, 6.45) is 0. The minimum atomic E-state index is -1.11. The third-order valence-corrected chi connectivity index (χ3v) is 3.22. The number of carboxylic acid groups (broad SMARTS) is 1. The molecule has 6 nitrogen and oxygen atoms in total. The maximum absolute atomic E-state index is 11.8. The monoisotopic (exact) mass is 297 g/mol. The average molecular weight is 298 g/mol. The summed E-state index contributed by atoms with van der Waals surface area (Å²) in [5.74, 6) is -1.61. The Morgan fingerprint density at radius 2 is 2.16 bits per heavy atom. The Balaban J connectivity index is 2.25. The number of aromatic nitrogens is 1. The van der Waals surface area contributed by atoms with Crippen LogP contribution in [0, 0.1) is 0 Å². The van der Waals surface area contributed by atoms with Crippen LogP contribution < -0.4 is 11.1 Å². The zero-order valence-corrected chi connectivity index (χ0v) is 11.0. The maximum atomic E-state index is 11.8. The van der Waals surface area contributed by atoms with Crippen LogP contribution in [-0.2, 0) is 0 Å². The summed E-state index contributed by atoms with van der Waals surface area (Å²) < 4.78 is 0. The van der Waals surface area contributed by atoms with E-state index in [2.05, 4.69) is 10.3 Å². The lowest BCUT2D eigenvalue weighted by Gasteiger charge is -2.06. The standard InChI is InChI=1S/C11H8ClN3O3S/c12-6-2-1-5(10(17)18)3-7(6)14-9(16)8-4-19-11(13)15-8/h1-4H,(H2,13,15)(H,14,16)(H,17,18). The van der Waals surface area contributed by atoms with Gasteiger partial charge in [0.1, 0.15) is 5.69 Å². The molecule has 0 radical (unpaired) electrons. The number of rotatable bonds is 3. The number of carboxylic acids is 1. The molecule has 98 valence electrons. The molecule has 19 heavy (non-hydrogen) atoms. The minimum absolute atomic E-state index is 0.0255. The number of nitrogens with one attached hydrogen (secondary N) is 1. The second kappa shape index (κ2) is 5.25. The molecule has 0 fully saturated rings. The summed E-state index contributed by atoms with van der Waals surface area (Å²) >= 11 is 7.02. The molecule has 8 heteroatoms. The minimum Gasteiger partial charge on any atom is -0.478 e. The largest absolute Gasteiger partial charge is 0.478 e. The van der Waals surface area contributed by atoms with Gasteiger partial charge in [-0.05, 0) is 18.2 Å². The van der Waals surface area contributed by atoms with Gasteiger partial charge in [-0.25, -0.2) is 9.78 Å². The molecule has 1 aromatic carbocycles. The second-order valence-electron chi connectivity index (χ2n) is 3.52. The van der Waals surface area contributed by atoms with Gasteiger partial charge >= 0.3 is 5.97 Å². The molecule has 0 aliphatic heterocycles. The van der Waals surface area contributed by atoms with E-state index in [1.165, 1.54) is 23.6 Å². The van der Waals surface area contributed by atoms with Crippen LogP contribution in [0.2, 0.25) is 5.02 Å². The number of thiazole rings is 1. The van der Waals surface area contributed by atoms with Crippen molar-refractivity contribution in [1.29, 1.82) is 0 Å². The summed E-state index contributed by atoms with van der Waals surface area (Å²) in [6, 6.07) is 4.02. The van der Waals surface area contributed by atoms with Gasteiger partial charge in [-0.15, -0.1) is 11.3 Å². The number of halogens is 1. The van der Waals surface area contributed by atoms with Crippen molar-refractivity contribution in [3.05, 3.63) is 39.9 Å². The van der Waals surface area contributed by atoms with Crippen molar-refractivity contribution in [1.82, 2.24) is 4.98 Å². The molecule has 0 spiro atoms. The van der Waals surface area contributed by atoms with Gasteiger partial charge in [0.05, 0.1) is 16.3 Å². The number of nitrogen functional groups attached to an aromatic ring is 1. The second-order valence-corrected chi connectivity index (χ2v) is 4.82. The Morgan fingerprint density at radius 3 is 2.74 bits per heavy atom. The molecule has 0 bridgehead atoms. The third kappa shape index (κ3) is 3.01. The molecular formula is C11H8ClN3O3S. The molecule has 2 aromatic rings. The first-order valence-electron chi connectivity index (χ1n) is 5.02. The lowest BCUT2D eigenvalue weighted by Crippen LogP contribution is -2.13. The lowest BCUT2D eigenvalue weighted by molar-refractivity contribution is 0.0696. The Bertz CT molecular complexity index is 656. The Morgan fingerprint density at radius 1 is 1.42 bits per heavy atom. The van der Waals surface area contributed by atoms with Gasteiger partial charge in [0, 0.05) is 5.38 Å². The van der Waals surface area contributed by atoms with Crippen LogP contribution in [0.4, 0.5) is 10.8 Å². The predicted octanol–water partition coefficient (Wildman–Crippen LogP) is 2.33. The van der Waals surface area contributed by atoms with Crippen molar-refractivity contribution < 1.29 is 14.7 Å². The van der Waals surface area contributed by atoms with Crippen LogP contribution >= 0.6 is 22.9 Å². The first kappa shape index (κ1) is 13.3. The summed E-state index contributed by atoms with van der Waals surface area (Å²) in [5, 5.41) is 13.4. The number of carbonyl (C=O) groups is 2. The van der Waals surface area contributed by atoms with E-state index < -0.39 is 11.9 Å². The SMILES string of the molecule is Nc1nc(C(=O)Nc2cc(C(=O)O)ccc2Cl)cs1. The average Bonchev–Trinajstić information content (AvgIpc) is 2.78. The molecular weight excluding hydrogens is 290 g/mol. The number of carbonyl (C=O) groups excluding carboxylic acids is 1. The van der Waals surface area contributed by atoms with Gasteiger partial charge in [-0.2, -0.15) is 0 Å². The summed E-state index contributed by atoms with van der Waals surface area (Å²) in [4.78, 5) is 26.5. The Hall–Kier alpha value is -2.12. The van der Waals surface area contributed by atoms with Crippen LogP contribution in [0.15, 0.2) is 23.6 Å². The van der Waals surface area contributed by atoms with Gasteiger partial charge in [0.15, 0.2) is 5.13 Å². The summed E-state index contributed by atoms with van der Waals surface area (Å²) in [6.45, 7) is 0. The number of amides is 1. The van der Waals surface area contributed by atoms with E-state index in [4.69, 9.17) is 22.4 Å². The van der Waals surface area contributed by atoms with Crippen molar-refractivity contribution >= 4 is 45.6 Å². The number of nitrogens with zero attached hydrogens (tertiary/aromatic N) is 1. The van der Waals surface area contributed by atoms with Crippen molar-refractivity contribution in [2.45, 2.75) is 0 Å². The van der Waals surface area contributed by atoms with Crippen LogP contribution in [0.1, 0.15) is 20.8 Å². The first-order chi connectivity index (χ1) is 8.97. The topological polar surface area (TPSA) is 105 Å². The predicted molar refractivity (Wildman–Crippen MR) is 72.9 cm³/mol. The number of aromatic carboxylic acids is 1. The Kier molecular flexibility index (Phi) is 3.68. The molecule has 1 heterocycles. The van der Waals surface area contributed by atoms with Gasteiger partial charge in [-0.1, -0.05) is 11.6 Å². The number of hydrogen-bond acceptors (Lipinski definition) is 5. The smallest absolute Gasteiger partial charge is 0.335 e. The highest BCUT2D eigenvalue weighted by molar-refractivity contribution is 7.13. The third-order valence-electron chi connectivity index (χ3n) is 2.22. The highest BCUT2D eigenvalue weighted by Crippen LogP contribution is 2.24. The van der Waals surface area contributed by atoms with E-state index in [0.29, 0.717) is 0 Å². The normalized spacial score (nSPS) is 10.2. The van der Waals surface area contributed by atoms with Crippen LogP contribution in [0.3, 0.4) is 0 Å². The molecule has 0 saturated heterocycles. The van der Waals surface area contributed by atoms with Crippen LogP contribution in [0.25, 0.3) is 0 Å². The zero-order valence-electron chi connectivity index (χ0n) is 9.38. The van der Waals surface area contributed by atoms with E-state index in [9.17, 15) is 9.59 Å². The van der Waals surface area contributed by atoms with E-state index in [1.807, 2.05) is 0 Å². The fourth-order valence-electron chi connectivity index (χ4n) is 1.33. The quantitative estimate of drug-likeness (QED) is 0.806. The highest BCUT2D eigenvalue weighted by atomic mass is 35.5. The van der Waals surface area contributed by atoms with Gasteiger partial charge < -0.3 is 16.2 Å². The number of benzene rings is 1. The molecule has 1 amide bonds. The van der Waals surface area contributed by atoms with E-state index in [1.54, 1.807) is 0 Å². The molecule has 0 aliphatic carbocycles. The lowest BCUT2D eigenvalue weighted by atomic mass is 10.2. The van der Waals surface area contributed by atoms with E-state index in [-0.39, 0.29) is 27.1 Å².